The van der Waals surface area contributed by atoms with Crippen LogP contribution in [0.25, 0.3) is 0 Å². The lowest BCUT2D eigenvalue weighted by Crippen LogP contribution is -2.52. The number of nitrogens with zero attached hydrogens (tertiary/aromatic N) is 4. The van der Waals surface area contributed by atoms with E-state index in [1.165, 1.54) is 0 Å². The van der Waals surface area contributed by atoms with E-state index in [9.17, 15) is 9.59 Å². The second kappa shape index (κ2) is 15.3. The molecule has 0 aliphatic carbocycles. The van der Waals surface area contributed by atoms with Gasteiger partial charge in [-0.15, -0.1) is 0 Å². The number of unbranched alkanes of at least 4 members (excludes halogenated alkanes) is 3. The van der Waals surface area contributed by atoms with Crippen LogP contribution in [0.5, 0.6) is 0 Å². The molecule has 0 saturated carbocycles. The van der Waals surface area contributed by atoms with Crippen LogP contribution >= 0.6 is 0 Å². The minimum absolute atomic E-state index is 0.0772. The number of hydrogen-bond acceptors (Lipinski definition) is 5. The second-order valence-electron chi connectivity index (χ2n) is 12.7. The van der Waals surface area contributed by atoms with Gasteiger partial charge in [-0.25, -0.2) is 0 Å². The molecule has 0 bridgehead atoms. The Labute approximate surface area is 221 Å². The topological polar surface area (TPSA) is 56.3 Å². The second-order valence-corrected chi connectivity index (χ2v) is 12.7. The van der Waals surface area contributed by atoms with Gasteiger partial charge in [0.25, 0.3) is 0 Å². The zero-order valence-electron chi connectivity index (χ0n) is 24.4. The SMILES string of the molecule is CCCCCC(=O)N1CCN(CC(C)(C)COCC(C)(C)CN2CCN(C(=O)CCCC)CC2)CC1. The molecule has 2 heterocycles. The average molecular weight is 509 g/mol. The van der Waals surface area contributed by atoms with Gasteiger partial charge in [0.2, 0.25) is 11.8 Å². The van der Waals surface area contributed by atoms with E-state index < -0.39 is 0 Å². The van der Waals surface area contributed by atoms with Crippen LogP contribution in [-0.4, -0.2) is 110 Å². The van der Waals surface area contributed by atoms with Gasteiger partial charge in [-0.1, -0.05) is 60.8 Å². The van der Waals surface area contributed by atoms with E-state index in [-0.39, 0.29) is 10.8 Å². The normalized spacial score (nSPS) is 18.6. The molecule has 2 aliphatic rings. The van der Waals surface area contributed by atoms with Crippen molar-refractivity contribution in [2.45, 2.75) is 86.5 Å². The van der Waals surface area contributed by atoms with Crippen molar-refractivity contribution in [1.29, 1.82) is 0 Å². The third-order valence-electron chi connectivity index (χ3n) is 7.48. The van der Waals surface area contributed by atoms with Crippen LogP contribution in [0.3, 0.4) is 0 Å². The van der Waals surface area contributed by atoms with Crippen molar-refractivity contribution in [1.82, 2.24) is 19.6 Å². The predicted octanol–water partition coefficient (Wildman–Crippen LogP) is 4.11. The highest BCUT2D eigenvalue weighted by atomic mass is 16.5. The Morgan fingerprint density at radius 1 is 0.611 bits per heavy atom. The van der Waals surface area contributed by atoms with Crippen molar-refractivity contribution in [3.8, 4) is 0 Å². The zero-order chi connectivity index (χ0) is 26.6. The Kier molecular flexibility index (Phi) is 13.2. The lowest BCUT2D eigenvalue weighted by Gasteiger charge is -2.40. The van der Waals surface area contributed by atoms with Gasteiger partial charge >= 0.3 is 0 Å². The summed E-state index contributed by atoms with van der Waals surface area (Å²) >= 11 is 0. The minimum atomic E-state index is 0.0772. The van der Waals surface area contributed by atoms with Crippen molar-refractivity contribution in [3.05, 3.63) is 0 Å². The Balaban J connectivity index is 1.64. The first-order valence-electron chi connectivity index (χ1n) is 14.6. The minimum Gasteiger partial charge on any atom is -0.380 e. The van der Waals surface area contributed by atoms with Gasteiger partial charge in [-0.2, -0.15) is 0 Å². The number of rotatable bonds is 15. The van der Waals surface area contributed by atoms with E-state index >= 15 is 0 Å². The average Bonchev–Trinajstić information content (AvgIpc) is 2.82. The first kappa shape index (κ1) is 31.0. The summed E-state index contributed by atoms with van der Waals surface area (Å²) in [7, 11) is 0. The number of carbonyl (C=O) groups excluding carboxylic acids is 2. The molecular formula is C29H56N4O3. The molecule has 0 atom stereocenters. The number of hydrogen-bond donors (Lipinski definition) is 0. The molecule has 0 spiro atoms. The molecule has 2 fully saturated rings. The molecule has 7 heteroatoms. The Morgan fingerprint density at radius 2 is 1.00 bits per heavy atom. The Hall–Kier alpha value is -1.18. The van der Waals surface area contributed by atoms with Gasteiger partial charge in [-0.3, -0.25) is 19.4 Å². The summed E-state index contributed by atoms with van der Waals surface area (Å²) in [6.45, 7) is 24.2. The molecule has 0 aromatic heterocycles. The smallest absolute Gasteiger partial charge is 0.222 e. The van der Waals surface area contributed by atoms with Crippen molar-refractivity contribution in [2.24, 2.45) is 10.8 Å². The van der Waals surface area contributed by atoms with Crippen LogP contribution in [0.4, 0.5) is 0 Å². The monoisotopic (exact) mass is 508 g/mol. The number of ether oxygens (including phenoxy) is 1. The van der Waals surface area contributed by atoms with Crippen LogP contribution < -0.4 is 0 Å². The van der Waals surface area contributed by atoms with Crippen molar-refractivity contribution < 1.29 is 14.3 Å². The van der Waals surface area contributed by atoms with E-state index in [2.05, 4.69) is 56.2 Å². The molecule has 0 aromatic rings. The lowest BCUT2D eigenvalue weighted by molar-refractivity contribution is -0.134. The highest BCUT2D eigenvalue weighted by Gasteiger charge is 2.29. The van der Waals surface area contributed by atoms with Gasteiger partial charge < -0.3 is 14.5 Å². The summed E-state index contributed by atoms with van der Waals surface area (Å²) in [5.74, 6) is 0.652. The first-order valence-corrected chi connectivity index (χ1v) is 14.6. The molecule has 210 valence electrons. The number of piperazine rings is 2. The van der Waals surface area contributed by atoms with E-state index in [1.54, 1.807) is 0 Å². The molecular weight excluding hydrogens is 452 g/mol. The van der Waals surface area contributed by atoms with E-state index in [1.807, 2.05) is 4.90 Å². The summed E-state index contributed by atoms with van der Waals surface area (Å²) in [4.78, 5) is 33.8. The third kappa shape index (κ3) is 11.5. The van der Waals surface area contributed by atoms with Crippen LogP contribution in [0.2, 0.25) is 0 Å². The maximum atomic E-state index is 12.4. The maximum absolute atomic E-state index is 12.4. The standard InChI is InChI=1S/C29H56N4O3/c1-7-9-11-13-27(35)33-20-16-31(17-21-33)23-29(5,6)25-36-24-28(3,4)22-30-14-18-32(19-15-30)26(34)12-10-8-2/h7-25H2,1-6H3. The van der Waals surface area contributed by atoms with E-state index in [0.717, 1.165) is 111 Å². The molecule has 36 heavy (non-hydrogen) atoms. The van der Waals surface area contributed by atoms with Crippen LogP contribution in [0.1, 0.15) is 86.5 Å². The van der Waals surface area contributed by atoms with Crippen LogP contribution in [0.15, 0.2) is 0 Å². The van der Waals surface area contributed by atoms with Crippen LogP contribution in [-0.2, 0) is 14.3 Å². The van der Waals surface area contributed by atoms with Crippen molar-refractivity contribution in [2.75, 3.05) is 78.7 Å². The lowest BCUT2D eigenvalue weighted by atomic mass is 9.92. The molecule has 0 N–H and O–H groups in total. The summed E-state index contributed by atoms with van der Waals surface area (Å²) in [5.41, 5.74) is 0.155. The third-order valence-corrected chi connectivity index (χ3v) is 7.48. The van der Waals surface area contributed by atoms with Gasteiger partial charge in [0, 0.05) is 89.1 Å². The fraction of sp³-hybridized carbons (Fsp3) is 0.931. The van der Waals surface area contributed by atoms with E-state index in [4.69, 9.17) is 4.74 Å². The fourth-order valence-corrected chi connectivity index (χ4v) is 5.39. The molecule has 2 rings (SSSR count). The van der Waals surface area contributed by atoms with Gasteiger partial charge in [-0.05, 0) is 12.8 Å². The predicted molar refractivity (Wildman–Crippen MR) is 148 cm³/mol. The van der Waals surface area contributed by atoms with Crippen LogP contribution in [0, 0.1) is 10.8 Å². The Morgan fingerprint density at radius 3 is 1.39 bits per heavy atom. The Bertz CT molecular complexity index is 651. The number of amides is 2. The number of carbonyl (C=O) groups is 2. The summed E-state index contributed by atoms with van der Waals surface area (Å²) in [6.07, 6.45) is 6.79. The van der Waals surface area contributed by atoms with Gasteiger partial charge in [0.1, 0.15) is 0 Å². The molecule has 0 aromatic carbocycles. The summed E-state index contributed by atoms with van der Waals surface area (Å²) < 4.78 is 6.28. The molecule has 2 saturated heterocycles. The largest absolute Gasteiger partial charge is 0.380 e. The molecule has 0 unspecified atom stereocenters. The van der Waals surface area contributed by atoms with Crippen molar-refractivity contribution >= 4 is 11.8 Å². The van der Waals surface area contributed by atoms with E-state index in [0.29, 0.717) is 24.7 Å². The zero-order valence-corrected chi connectivity index (χ0v) is 24.4. The van der Waals surface area contributed by atoms with Gasteiger partial charge in [0.05, 0.1) is 13.2 Å². The maximum Gasteiger partial charge on any atom is 0.222 e. The highest BCUT2D eigenvalue weighted by Crippen LogP contribution is 2.23. The molecule has 7 nitrogen and oxygen atoms in total. The first-order chi connectivity index (χ1) is 17.0. The van der Waals surface area contributed by atoms with Crippen molar-refractivity contribution in [3.63, 3.8) is 0 Å². The molecule has 2 amide bonds. The quantitative estimate of drug-likeness (QED) is 0.312. The summed E-state index contributed by atoms with van der Waals surface area (Å²) in [5, 5.41) is 0. The highest BCUT2D eigenvalue weighted by molar-refractivity contribution is 5.76. The summed E-state index contributed by atoms with van der Waals surface area (Å²) in [6, 6.07) is 0. The fourth-order valence-electron chi connectivity index (χ4n) is 5.39. The molecule has 2 aliphatic heterocycles. The van der Waals surface area contributed by atoms with Gasteiger partial charge in [0.15, 0.2) is 0 Å². The molecule has 0 radical (unpaired) electrons.